The van der Waals surface area contributed by atoms with Gasteiger partial charge in [0, 0.05) is 12.6 Å². The van der Waals surface area contributed by atoms with Gasteiger partial charge in [-0.1, -0.05) is 18.2 Å². The smallest absolute Gasteiger partial charge is 0.379 e. The number of halogens is 3. The third-order valence-corrected chi connectivity index (χ3v) is 2.73. The molecule has 1 aromatic rings. The maximum absolute atomic E-state index is 12.5. The number of nitrogens with one attached hydrogen (secondary N) is 1. The van der Waals surface area contributed by atoms with Crippen LogP contribution in [0.5, 0.6) is 0 Å². The Morgan fingerprint density at radius 3 is 2.82 bits per heavy atom. The number of benzene rings is 1. The normalized spacial score (nSPS) is 21.5. The van der Waals surface area contributed by atoms with Gasteiger partial charge in [0.05, 0.1) is 18.8 Å². The Labute approximate surface area is 97.8 Å². The summed E-state index contributed by atoms with van der Waals surface area (Å²) in [6.07, 6.45) is -3.71. The van der Waals surface area contributed by atoms with Gasteiger partial charge in [-0.25, -0.2) is 0 Å². The number of rotatable bonds is 2. The third kappa shape index (κ3) is 3.44. The molecular weight excluding hydrogens is 231 g/mol. The van der Waals surface area contributed by atoms with Crippen LogP contribution in [-0.2, 0) is 17.3 Å². The van der Waals surface area contributed by atoms with Gasteiger partial charge in [0.1, 0.15) is 0 Å². The largest absolute Gasteiger partial charge is 0.416 e. The summed E-state index contributed by atoms with van der Waals surface area (Å²) in [6.45, 7) is 1.97. The fourth-order valence-corrected chi connectivity index (χ4v) is 1.91. The molecule has 0 amide bonds. The highest BCUT2D eigenvalue weighted by Gasteiger charge is 2.30. The van der Waals surface area contributed by atoms with E-state index in [4.69, 9.17) is 4.74 Å². The van der Waals surface area contributed by atoms with Crippen LogP contribution in [0.25, 0.3) is 0 Å². The lowest BCUT2D eigenvalue weighted by Gasteiger charge is -2.24. The van der Waals surface area contributed by atoms with Crippen molar-refractivity contribution >= 4 is 0 Å². The minimum Gasteiger partial charge on any atom is -0.379 e. The molecule has 94 valence electrons. The molecule has 0 spiro atoms. The summed E-state index contributed by atoms with van der Waals surface area (Å²) in [4.78, 5) is 0. The zero-order valence-corrected chi connectivity index (χ0v) is 9.26. The summed E-state index contributed by atoms with van der Waals surface area (Å²) in [7, 11) is 0. The lowest BCUT2D eigenvalue weighted by Crippen LogP contribution is -2.42. The number of ether oxygens (including phenoxy) is 1. The molecule has 1 atom stereocenters. The second-order valence-electron chi connectivity index (χ2n) is 4.13. The first-order chi connectivity index (χ1) is 8.05. The van der Waals surface area contributed by atoms with E-state index in [9.17, 15) is 13.2 Å². The van der Waals surface area contributed by atoms with Gasteiger partial charge < -0.3 is 10.1 Å². The van der Waals surface area contributed by atoms with Crippen molar-refractivity contribution in [3.05, 3.63) is 35.4 Å². The van der Waals surface area contributed by atoms with Crippen molar-refractivity contribution in [2.24, 2.45) is 0 Å². The molecule has 2 nitrogen and oxygen atoms in total. The van der Waals surface area contributed by atoms with Gasteiger partial charge in [-0.2, -0.15) is 13.2 Å². The van der Waals surface area contributed by atoms with Gasteiger partial charge in [0.15, 0.2) is 0 Å². The van der Waals surface area contributed by atoms with Gasteiger partial charge in [0.25, 0.3) is 0 Å². The Morgan fingerprint density at radius 2 is 2.18 bits per heavy atom. The molecule has 0 saturated carbocycles. The maximum Gasteiger partial charge on any atom is 0.416 e. The predicted molar refractivity (Wildman–Crippen MR) is 57.8 cm³/mol. The Bertz CT molecular complexity index is 372. The molecule has 2 rings (SSSR count). The van der Waals surface area contributed by atoms with E-state index in [0.717, 1.165) is 12.6 Å². The van der Waals surface area contributed by atoms with E-state index in [2.05, 4.69) is 5.32 Å². The molecule has 1 fully saturated rings. The maximum atomic E-state index is 12.5. The minimum atomic E-state index is -4.27. The molecule has 1 unspecified atom stereocenters. The quantitative estimate of drug-likeness (QED) is 0.862. The topological polar surface area (TPSA) is 21.3 Å². The molecule has 0 aromatic heterocycles. The predicted octanol–water partition coefficient (Wildman–Crippen LogP) is 2.24. The molecule has 1 aliphatic rings. The fraction of sp³-hybridized carbons (Fsp3) is 0.500. The zero-order chi connectivity index (χ0) is 12.3. The van der Waals surface area contributed by atoms with E-state index in [1.807, 2.05) is 0 Å². The molecule has 1 heterocycles. The molecule has 0 radical (unpaired) electrons. The van der Waals surface area contributed by atoms with Gasteiger partial charge in [0.2, 0.25) is 0 Å². The van der Waals surface area contributed by atoms with E-state index < -0.39 is 11.7 Å². The van der Waals surface area contributed by atoms with Crippen LogP contribution < -0.4 is 5.32 Å². The molecule has 0 bridgehead atoms. The van der Waals surface area contributed by atoms with Crippen LogP contribution in [0.2, 0.25) is 0 Å². The standard InChI is InChI=1S/C12H14F3NO/c13-12(14,15)10-3-1-2-9(6-10)7-11-8-17-5-4-16-11/h1-3,6,11,16H,4-5,7-8H2. The first-order valence-corrected chi connectivity index (χ1v) is 5.53. The molecule has 0 aliphatic carbocycles. The molecule has 1 aromatic carbocycles. The highest BCUT2D eigenvalue weighted by molar-refractivity contribution is 5.26. The molecular formula is C12H14F3NO. The average molecular weight is 245 g/mol. The summed E-state index contributed by atoms with van der Waals surface area (Å²) in [6, 6.07) is 5.56. The van der Waals surface area contributed by atoms with Crippen LogP contribution >= 0.6 is 0 Å². The Balaban J connectivity index is 2.05. The van der Waals surface area contributed by atoms with Crippen LogP contribution in [-0.4, -0.2) is 25.8 Å². The lowest BCUT2D eigenvalue weighted by molar-refractivity contribution is -0.137. The summed E-state index contributed by atoms with van der Waals surface area (Å²) in [5.74, 6) is 0. The number of alkyl halides is 3. The van der Waals surface area contributed by atoms with Crippen molar-refractivity contribution < 1.29 is 17.9 Å². The summed E-state index contributed by atoms with van der Waals surface area (Å²) in [5.41, 5.74) is 0.0922. The second kappa shape index (κ2) is 5.06. The third-order valence-electron chi connectivity index (χ3n) is 2.73. The number of hydrogen-bond acceptors (Lipinski definition) is 2. The summed E-state index contributed by atoms with van der Waals surface area (Å²) < 4.78 is 42.8. The Morgan fingerprint density at radius 1 is 1.35 bits per heavy atom. The van der Waals surface area contributed by atoms with Crippen molar-refractivity contribution in [2.45, 2.75) is 18.6 Å². The highest BCUT2D eigenvalue weighted by Crippen LogP contribution is 2.29. The number of morpholine rings is 1. The molecule has 5 heteroatoms. The molecule has 17 heavy (non-hydrogen) atoms. The van der Waals surface area contributed by atoms with Crippen LogP contribution in [0.3, 0.4) is 0 Å². The van der Waals surface area contributed by atoms with Crippen molar-refractivity contribution in [1.82, 2.24) is 5.32 Å². The highest BCUT2D eigenvalue weighted by atomic mass is 19.4. The lowest BCUT2D eigenvalue weighted by atomic mass is 10.0. The summed E-state index contributed by atoms with van der Waals surface area (Å²) >= 11 is 0. The average Bonchev–Trinajstić information content (AvgIpc) is 2.29. The van der Waals surface area contributed by atoms with Gasteiger partial charge in [-0.15, -0.1) is 0 Å². The van der Waals surface area contributed by atoms with Crippen molar-refractivity contribution in [3.63, 3.8) is 0 Å². The van der Waals surface area contributed by atoms with Crippen LogP contribution in [0.15, 0.2) is 24.3 Å². The summed E-state index contributed by atoms with van der Waals surface area (Å²) in [5, 5.41) is 3.22. The molecule has 1 saturated heterocycles. The van der Waals surface area contributed by atoms with Crippen LogP contribution in [0, 0.1) is 0 Å². The van der Waals surface area contributed by atoms with E-state index in [0.29, 0.717) is 25.2 Å². The van der Waals surface area contributed by atoms with Crippen molar-refractivity contribution in [3.8, 4) is 0 Å². The minimum absolute atomic E-state index is 0.104. The van der Waals surface area contributed by atoms with E-state index in [1.54, 1.807) is 6.07 Å². The van der Waals surface area contributed by atoms with Crippen molar-refractivity contribution in [1.29, 1.82) is 0 Å². The van der Waals surface area contributed by atoms with E-state index in [1.165, 1.54) is 12.1 Å². The monoisotopic (exact) mass is 245 g/mol. The van der Waals surface area contributed by atoms with E-state index >= 15 is 0 Å². The fourth-order valence-electron chi connectivity index (χ4n) is 1.91. The van der Waals surface area contributed by atoms with Crippen LogP contribution in [0.4, 0.5) is 13.2 Å². The SMILES string of the molecule is FC(F)(F)c1cccc(CC2COCCN2)c1. The first kappa shape index (κ1) is 12.4. The van der Waals surface area contributed by atoms with Gasteiger partial charge in [-0.05, 0) is 18.1 Å². The number of hydrogen-bond donors (Lipinski definition) is 1. The Hall–Kier alpha value is -1.07. The van der Waals surface area contributed by atoms with E-state index in [-0.39, 0.29) is 6.04 Å². The van der Waals surface area contributed by atoms with Gasteiger partial charge >= 0.3 is 6.18 Å². The molecule has 1 aliphatic heterocycles. The molecule has 1 N–H and O–H groups in total. The van der Waals surface area contributed by atoms with Gasteiger partial charge in [-0.3, -0.25) is 0 Å². The first-order valence-electron chi connectivity index (χ1n) is 5.53. The zero-order valence-electron chi connectivity index (χ0n) is 9.26. The van der Waals surface area contributed by atoms with Crippen LogP contribution in [0.1, 0.15) is 11.1 Å². The Kier molecular flexibility index (Phi) is 3.69. The van der Waals surface area contributed by atoms with Crippen molar-refractivity contribution in [2.75, 3.05) is 19.8 Å². The second-order valence-corrected chi connectivity index (χ2v) is 4.13.